The standard InChI is InChI=1S/C17H20N2O2/c1-11-6-8-12(9-7-11)18-16(20)10-14-13-4-2-3-5-15(13)19-17(14)21/h6-9,15H,2-5,10H2,1H3,(H,18,20)(H,19,21). The number of hydrogen-bond acceptors (Lipinski definition) is 2. The topological polar surface area (TPSA) is 58.2 Å². The fraction of sp³-hybridized carbons (Fsp3) is 0.412. The summed E-state index contributed by atoms with van der Waals surface area (Å²) in [5.74, 6) is -0.182. The number of aryl methyl sites for hydroxylation is 1. The van der Waals surface area contributed by atoms with Crippen molar-refractivity contribution >= 4 is 17.5 Å². The minimum atomic E-state index is -0.122. The van der Waals surface area contributed by atoms with Crippen LogP contribution in [0.25, 0.3) is 0 Å². The lowest BCUT2D eigenvalue weighted by molar-refractivity contribution is -0.120. The molecular formula is C17H20N2O2. The molecule has 0 spiro atoms. The number of benzene rings is 1. The molecule has 2 N–H and O–H groups in total. The second-order valence-electron chi connectivity index (χ2n) is 5.87. The first kappa shape index (κ1) is 13.9. The molecule has 21 heavy (non-hydrogen) atoms. The number of nitrogens with one attached hydrogen (secondary N) is 2. The second-order valence-corrected chi connectivity index (χ2v) is 5.87. The van der Waals surface area contributed by atoms with E-state index >= 15 is 0 Å². The molecule has 2 aliphatic rings. The SMILES string of the molecule is Cc1ccc(NC(=O)CC2=C3CCCCC3NC2=O)cc1. The zero-order valence-electron chi connectivity index (χ0n) is 12.2. The molecule has 1 saturated carbocycles. The number of rotatable bonds is 3. The number of anilines is 1. The Hall–Kier alpha value is -2.10. The quantitative estimate of drug-likeness (QED) is 0.896. The molecule has 1 heterocycles. The molecule has 2 amide bonds. The molecule has 3 rings (SSSR count). The third kappa shape index (κ3) is 2.99. The molecule has 110 valence electrons. The van der Waals surface area contributed by atoms with Crippen molar-refractivity contribution in [2.24, 2.45) is 0 Å². The van der Waals surface area contributed by atoms with Crippen LogP contribution in [0.3, 0.4) is 0 Å². The molecule has 1 aliphatic carbocycles. The van der Waals surface area contributed by atoms with Gasteiger partial charge < -0.3 is 10.6 Å². The van der Waals surface area contributed by atoms with Crippen molar-refractivity contribution in [2.45, 2.75) is 45.1 Å². The van der Waals surface area contributed by atoms with Gasteiger partial charge in [-0.3, -0.25) is 9.59 Å². The van der Waals surface area contributed by atoms with E-state index in [1.54, 1.807) is 0 Å². The average molecular weight is 284 g/mol. The first-order chi connectivity index (χ1) is 10.1. The molecule has 1 aromatic rings. The Balaban J connectivity index is 1.69. The highest BCUT2D eigenvalue weighted by atomic mass is 16.2. The fourth-order valence-electron chi connectivity index (χ4n) is 3.12. The zero-order valence-corrected chi connectivity index (χ0v) is 12.2. The Morgan fingerprint density at radius 2 is 2.05 bits per heavy atom. The number of carbonyl (C=O) groups excluding carboxylic acids is 2. The van der Waals surface area contributed by atoms with Gasteiger partial charge >= 0.3 is 0 Å². The van der Waals surface area contributed by atoms with Crippen LogP contribution in [-0.4, -0.2) is 17.9 Å². The molecule has 1 aromatic carbocycles. The highest BCUT2D eigenvalue weighted by molar-refractivity contribution is 6.04. The van der Waals surface area contributed by atoms with E-state index < -0.39 is 0 Å². The van der Waals surface area contributed by atoms with Gasteiger partial charge in [0.2, 0.25) is 11.8 Å². The summed E-state index contributed by atoms with van der Waals surface area (Å²) < 4.78 is 0. The Morgan fingerprint density at radius 3 is 2.81 bits per heavy atom. The molecular weight excluding hydrogens is 264 g/mol. The van der Waals surface area contributed by atoms with Crippen LogP contribution < -0.4 is 10.6 Å². The Kier molecular flexibility index (Phi) is 3.78. The monoisotopic (exact) mass is 284 g/mol. The zero-order chi connectivity index (χ0) is 14.8. The molecule has 1 aliphatic heterocycles. The summed E-state index contributed by atoms with van der Waals surface area (Å²) in [5, 5.41) is 5.85. The maximum absolute atomic E-state index is 12.1. The van der Waals surface area contributed by atoms with Crippen molar-refractivity contribution in [1.82, 2.24) is 5.32 Å². The summed E-state index contributed by atoms with van der Waals surface area (Å²) >= 11 is 0. The van der Waals surface area contributed by atoms with Crippen LogP contribution in [0.5, 0.6) is 0 Å². The molecule has 0 radical (unpaired) electrons. The van der Waals surface area contributed by atoms with E-state index in [1.165, 1.54) is 0 Å². The van der Waals surface area contributed by atoms with E-state index in [9.17, 15) is 9.59 Å². The van der Waals surface area contributed by atoms with Gasteiger partial charge in [-0.2, -0.15) is 0 Å². The summed E-state index contributed by atoms with van der Waals surface area (Å²) in [6.45, 7) is 2.00. The third-order valence-electron chi connectivity index (χ3n) is 4.25. The molecule has 4 nitrogen and oxygen atoms in total. The van der Waals surface area contributed by atoms with E-state index in [0.29, 0.717) is 5.57 Å². The Morgan fingerprint density at radius 1 is 1.29 bits per heavy atom. The normalized spacial score (nSPS) is 21.0. The molecule has 0 bridgehead atoms. The van der Waals surface area contributed by atoms with Gasteiger partial charge in [-0.1, -0.05) is 24.1 Å². The van der Waals surface area contributed by atoms with E-state index in [-0.39, 0.29) is 24.3 Å². The molecule has 1 unspecified atom stereocenters. The summed E-state index contributed by atoms with van der Waals surface area (Å²) in [6, 6.07) is 7.84. The summed E-state index contributed by atoms with van der Waals surface area (Å²) in [5.41, 5.74) is 3.77. The van der Waals surface area contributed by atoms with Gasteiger partial charge in [0, 0.05) is 11.3 Å². The van der Waals surface area contributed by atoms with Crippen molar-refractivity contribution in [3.63, 3.8) is 0 Å². The van der Waals surface area contributed by atoms with Crippen LogP contribution in [0.15, 0.2) is 35.4 Å². The molecule has 0 aromatic heterocycles. The summed E-state index contributed by atoms with van der Waals surface area (Å²) in [6.07, 6.45) is 4.38. The van der Waals surface area contributed by atoms with Crippen molar-refractivity contribution in [3.8, 4) is 0 Å². The van der Waals surface area contributed by atoms with Gasteiger partial charge in [0.1, 0.15) is 0 Å². The van der Waals surface area contributed by atoms with Gasteiger partial charge in [-0.05, 0) is 43.9 Å². The maximum Gasteiger partial charge on any atom is 0.248 e. The van der Waals surface area contributed by atoms with Crippen LogP contribution in [0, 0.1) is 6.92 Å². The van der Waals surface area contributed by atoms with E-state index in [0.717, 1.165) is 42.5 Å². The second kappa shape index (κ2) is 5.72. The number of fused-ring (bicyclic) bond motifs is 1. The lowest BCUT2D eigenvalue weighted by atomic mass is 9.88. The van der Waals surface area contributed by atoms with Crippen molar-refractivity contribution in [1.29, 1.82) is 0 Å². The van der Waals surface area contributed by atoms with E-state index in [2.05, 4.69) is 10.6 Å². The van der Waals surface area contributed by atoms with Crippen LogP contribution in [0.2, 0.25) is 0 Å². The van der Waals surface area contributed by atoms with E-state index in [1.807, 2.05) is 31.2 Å². The Labute approximate surface area is 124 Å². The largest absolute Gasteiger partial charge is 0.346 e. The van der Waals surface area contributed by atoms with Crippen LogP contribution in [0.1, 0.15) is 37.7 Å². The highest BCUT2D eigenvalue weighted by Gasteiger charge is 2.33. The smallest absolute Gasteiger partial charge is 0.248 e. The van der Waals surface area contributed by atoms with Crippen LogP contribution in [-0.2, 0) is 9.59 Å². The van der Waals surface area contributed by atoms with Gasteiger partial charge in [-0.25, -0.2) is 0 Å². The summed E-state index contributed by atoms with van der Waals surface area (Å²) in [7, 11) is 0. The first-order valence-corrected chi connectivity index (χ1v) is 7.53. The number of carbonyl (C=O) groups is 2. The molecule has 1 atom stereocenters. The molecule has 0 saturated heterocycles. The number of amides is 2. The van der Waals surface area contributed by atoms with Crippen LogP contribution in [0.4, 0.5) is 5.69 Å². The predicted octanol–water partition coefficient (Wildman–Crippen LogP) is 2.69. The minimum Gasteiger partial charge on any atom is -0.346 e. The van der Waals surface area contributed by atoms with Gasteiger partial charge in [0.15, 0.2) is 0 Å². The first-order valence-electron chi connectivity index (χ1n) is 7.53. The maximum atomic E-state index is 12.1. The molecule has 4 heteroatoms. The van der Waals surface area contributed by atoms with Gasteiger partial charge in [-0.15, -0.1) is 0 Å². The lowest BCUT2D eigenvalue weighted by Gasteiger charge is -2.20. The predicted molar refractivity (Wildman–Crippen MR) is 81.9 cm³/mol. The van der Waals surface area contributed by atoms with Gasteiger partial charge in [0.25, 0.3) is 0 Å². The minimum absolute atomic E-state index is 0.0593. The highest BCUT2D eigenvalue weighted by Crippen LogP contribution is 2.32. The van der Waals surface area contributed by atoms with Gasteiger partial charge in [0.05, 0.1) is 12.5 Å². The Bertz CT molecular complexity index is 602. The summed E-state index contributed by atoms with van der Waals surface area (Å²) in [4.78, 5) is 24.2. The third-order valence-corrected chi connectivity index (χ3v) is 4.25. The van der Waals surface area contributed by atoms with E-state index in [4.69, 9.17) is 0 Å². The lowest BCUT2D eigenvalue weighted by Crippen LogP contribution is -2.30. The fourth-order valence-corrected chi connectivity index (χ4v) is 3.12. The van der Waals surface area contributed by atoms with Crippen molar-refractivity contribution in [3.05, 3.63) is 41.0 Å². The van der Waals surface area contributed by atoms with Crippen molar-refractivity contribution < 1.29 is 9.59 Å². The number of hydrogen-bond donors (Lipinski definition) is 2. The average Bonchev–Trinajstić information content (AvgIpc) is 2.78. The van der Waals surface area contributed by atoms with Crippen molar-refractivity contribution in [2.75, 3.05) is 5.32 Å². The van der Waals surface area contributed by atoms with Crippen LogP contribution >= 0.6 is 0 Å². The molecule has 1 fully saturated rings.